The van der Waals surface area contributed by atoms with Crippen LogP contribution in [-0.4, -0.2) is 39.6 Å². The normalized spacial score (nSPS) is 17.8. The summed E-state index contributed by atoms with van der Waals surface area (Å²) < 4.78 is 38.8. The number of rotatable bonds is 6. The second-order valence-corrected chi connectivity index (χ2v) is 7.08. The lowest BCUT2D eigenvalue weighted by Gasteiger charge is -2.31. The largest absolute Gasteiger partial charge is 0.435 e. The van der Waals surface area contributed by atoms with Gasteiger partial charge in [0.05, 0.1) is 5.92 Å². The van der Waals surface area contributed by atoms with Crippen LogP contribution in [0.4, 0.5) is 18.9 Å². The highest BCUT2D eigenvalue weighted by molar-refractivity contribution is 5.91. The first-order valence-corrected chi connectivity index (χ1v) is 9.22. The summed E-state index contributed by atoms with van der Waals surface area (Å²) in [6.45, 7) is 1.57. The minimum atomic E-state index is -4.55. The van der Waals surface area contributed by atoms with Crippen LogP contribution < -0.4 is 11.1 Å². The molecule has 1 aromatic carbocycles. The van der Waals surface area contributed by atoms with Crippen molar-refractivity contribution in [2.75, 3.05) is 18.4 Å². The van der Waals surface area contributed by atoms with Gasteiger partial charge in [-0.2, -0.15) is 18.3 Å². The predicted octanol–water partition coefficient (Wildman–Crippen LogP) is 2.24. The molecule has 2 aromatic rings. The van der Waals surface area contributed by atoms with Gasteiger partial charge < -0.3 is 11.1 Å². The van der Waals surface area contributed by atoms with Gasteiger partial charge in [-0.1, -0.05) is 18.2 Å². The van der Waals surface area contributed by atoms with Crippen molar-refractivity contribution in [1.29, 1.82) is 0 Å². The lowest BCUT2D eigenvalue weighted by atomic mass is 9.97. The fraction of sp³-hybridized carbons (Fsp3) is 0.421. The molecule has 1 saturated heterocycles. The number of amides is 2. The van der Waals surface area contributed by atoms with Crippen molar-refractivity contribution in [1.82, 2.24) is 14.7 Å². The topological polar surface area (TPSA) is 93.3 Å². The molecule has 2 heterocycles. The van der Waals surface area contributed by atoms with Crippen LogP contribution in [0.3, 0.4) is 0 Å². The van der Waals surface area contributed by atoms with E-state index in [2.05, 4.69) is 15.3 Å². The number of hydrogen-bond acceptors (Lipinski definition) is 4. The Hall–Kier alpha value is -2.88. The van der Waals surface area contributed by atoms with Crippen LogP contribution in [0.2, 0.25) is 0 Å². The maximum atomic E-state index is 12.6. The summed E-state index contributed by atoms with van der Waals surface area (Å²) in [4.78, 5) is 25.9. The highest BCUT2D eigenvalue weighted by atomic mass is 19.4. The van der Waals surface area contributed by atoms with E-state index in [-0.39, 0.29) is 18.4 Å². The number of nitrogens with one attached hydrogen (secondary N) is 1. The molecule has 1 atom stereocenters. The molecule has 3 N–H and O–H groups in total. The molecule has 1 aliphatic rings. The molecule has 0 saturated carbocycles. The van der Waals surface area contributed by atoms with Crippen molar-refractivity contribution in [3.05, 3.63) is 47.8 Å². The van der Waals surface area contributed by atoms with Gasteiger partial charge in [0.15, 0.2) is 5.69 Å². The van der Waals surface area contributed by atoms with Gasteiger partial charge in [-0.15, -0.1) is 0 Å². The minimum Gasteiger partial charge on any atom is -0.369 e. The Morgan fingerprint density at radius 2 is 2.00 bits per heavy atom. The van der Waals surface area contributed by atoms with Gasteiger partial charge in [0.2, 0.25) is 11.8 Å². The van der Waals surface area contributed by atoms with Crippen molar-refractivity contribution < 1.29 is 22.8 Å². The van der Waals surface area contributed by atoms with Gasteiger partial charge in [-0.3, -0.25) is 19.2 Å². The van der Waals surface area contributed by atoms with Crippen molar-refractivity contribution >= 4 is 17.5 Å². The van der Waals surface area contributed by atoms with Crippen LogP contribution in [-0.2, 0) is 28.9 Å². The standard InChI is InChI=1S/C19H22F3N5O2/c20-19(21,22)16-7-9-27(25-16)12-17(28)24-15-6-2-1-4-13(15)10-26-8-3-5-14(11-26)18(23)29/h1-2,4,6-7,9,14H,3,5,8,10-12H2,(H2,23,29)(H,24,28). The third kappa shape index (κ3) is 5.57. The van der Waals surface area contributed by atoms with E-state index in [0.29, 0.717) is 18.8 Å². The average Bonchev–Trinajstić information content (AvgIpc) is 3.12. The summed E-state index contributed by atoms with van der Waals surface area (Å²) in [5.41, 5.74) is 5.80. The van der Waals surface area contributed by atoms with E-state index in [4.69, 9.17) is 5.73 Å². The fourth-order valence-electron chi connectivity index (χ4n) is 3.39. The van der Waals surface area contributed by atoms with Gasteiger partial charge in [-0.25, -0.2) is 0 Å². The minimum absolute atomic E-state index is 0.187. The molecule has 2 amide bonds. The second kappa shape index (κ2) is 8.64. The highest BCUT2D eigenvalue weighted by Gasteiger charge is 2.33. The lowest BCUT2D eigenvalue weighted by Crippen LogP contribution is -2.40. The molecule has 10 heteroatoms. The smallest absolute Gasteiger partial charge is 0.369 e. The number of alkyl halides is 3. The Labute approximate surface area is 165 Å². The molecule has 0 radical (unpaired) electrons. The summed E-state index contributed by atoms with van der Waals surface area (Å²) in [7, 11) is 0. The number of nitrogens with zero attached hydrogens (tertiary/aromatic N) is 3. The molecule has 156 valence electrons. The molecule has 0 aliphatic carbocycles. The maximum absolute atomic E-state index is 12.6. The monoisotopic (exact) mass is 409 g/mol. The number of anilines is 1. The SMILES string of the molecule is NC(=O)C1CCCN(Cc2ccccc2NC(=O)Cn2ccc(C(F)(F)F)n2)C1. The average molecular weight is 409 g/mol. The van der Waals surface area contributed by atoms with Crippen LogP contribution in [0, 0.1) is 5.92 Å². The van der Waals surface area contributed by atoms with Crippen LogP contribution in [0.15, 0.2) is 36.5 Å². The van der Waals surface area contributed by atoms with E-state index >= 15 is 0 Å². The van der Waals surface area contributed by atoms with Crippen LogP contribution in [0.1, 0.15) is 24.1 Å². The summed E-state index contributed by atoms with van der Waals surface area (Å²) in [5, 5.41) is 6.11. The van der Waals surface area contributed by atoms with Gasteiger partial charge in [0, 0.05) is 25.0 Å². The molecule has 3 rings (SSSR count). The number of para-hydroxylation sites is 1. The molecule has 7 nitrogen and oxygen atoms in total. The molecule has 1 aliphatic heterocycles. The van der Waals surface area contributed by atoms with Crippen molar-refractivity contribution in [2.45, 2.75) is 32.1 Å². The number of likely N-dealkylation sites (tertiary alicyclic amines) is 1. The van der Waals surface area contributed by atoms with Gasteiger partial charge in [0.1, 0.15) is 6.54 Å². The molecular weight excluding hydrogens is 387 g/mol. The summed E-state index contributed by atoms with van der Waals surface area (Å²) >= 11 is 0. The molecular formula is C19H22F3N5O2. The second-order valence-electron chi connectivity index (χ2n) is 7.08. The van der Waals surface area contributed by atoms with Gasteiger partial charge >= 0.3 is 6.18 Å². The molecule has 1 fully saturated rings. The van der Waals surface area contributed by atoms with Crippen molar-refractivity contribution in [3.8, 4) is 0 Å². The van der Waals surface area contributed by atoms with Gasteiger partial charge in [0.25, 0.3) is 0 Å². The van der Waals surface area contributed by atoms with Crippen LogP contribution in [0.5, 0.6) is 0 Å². The maximum Gasteiger partial charge on any atom is 0.435 e. The lowest BCUT2D eigenvalue weighted by molar-refractivity contribution is -0.141. The van der Waals surface area contributed by atoms with E-state index < -0.39 is 17.8 Å². The molecule has 0 bridgehead atoms. The molecule has 1 aromatic heterocycles. The predicted molar refractivity (Wildman–Crippen MR) is 99.5 cm³/mol. The highest BCUT2D eigenvalue weighted by Crippen LogP contribution is 2.27. The Bertz CT molecular complexity index is 881. The summed E-state index contributed by atoms with van der Waals surface area (Å²) in [6, 6.07) is 8.01. The first-order valence-electron chi connectivity index (χ1n) is 9.22. The number of carbonyl (C=O) groups is 2. The van der Waals surface area contributed by atoms with Crippen molar-refractivity contribution in [3.63, 3.8) is 0 Å². The Morgan fingerprint density at radius 1 is 1.24 bits per heavy atom. The zero-order valence-corrected chi connectivity index (χ0v) is 15.7. The number of primary amides is 1. The van der Waals surface area contributed by atoms with Crippen molar-refractivity contribution in [2.24, 2.45) is 11.7 Å². The first kappa shape index (κ1) is 20.8. The van der Waals surface area contributed by atoms with Gasteiger partial charge in [-0.05, 0) is 37.1 Å². The number of hydrogen-bond donors (Lipinski definition) is 2. The zero-order chi connectivity index (χ0) is 21.0. The van der Waals surface area contributed by atoms with Crippen LogP contribution in [0.25, 0.3) is 0 Å². The first-order chi connectivity index (χ1) is 13.7. The molecule has 0 spiro atoms. The number of nitrogens with two attached hydrogens (primary N) is 1. The fourth-order valence-corrected chi connectivity index (χ4v) is 3.39. The van der Waals surface area contributed by atoms with E-state index in [9.17, 15) is 22.8 Å². The number of piperidine rings is 1. The van der Waals surface area contributed by atoms with E-state index in [0.717, 1.165) is 41.9 Å². The summed E-state index contributed by atoms with van der Waals surface area (Å²) in [5.74, 6) is -0.982. The third-order valence-corrected chi connectivity index (χ3v) is 4.83. The molecule has 1 unspecified atom stereocenters. The Kier molecular flexibility index (Phi) is 6.21. The zero-order valence-electron chi connectivity index (χ0n) is 15.7. The van der Waals surface area contributed by atoms with Crippen LogP contribution >= 0.6 is 0 Å². The quantitative estimate of drug-likeness (QED) is 0.765. The van der Waals surface area contributed by atoms with E-state index in [1.165, 1.54) is 0 Å². The van der Waals surface area contributed by atoms with E-state index in [1.807, 2.05) is 12.1 Å². The number of carbonyl (C=O) groups excluding carboxylic acids is 2. The third-order valence-electron chi connectivity index (χ3n) is 4.83. The van der Waals surface area contributed by atoms with E-state index in [1.54, 1.807) is 12.1 Å². The summed E-state index contributed by atoms with van der Waals surface area (Å²) in [6.07, 6.45) is -1.80. The molecule has 29 heavy (non-hydrogen) atoms. The Morgan fingerprint density at radius 3 is 2.69 bits per heavy atom. The number of halogens is 3. The number of benzene rings is 1. The Balaban J connectivity index is 1.63. The number of aromatic nitrogens is 2.